The van der Waals surface area contributed by atoms with Crippen molar-refractivity contribution in [3.05, 3.63) is 57.5 Å². The predicted octanol–water partition coefficient (Wildman–Crippen LogP) is 3.16. The van der Waals surface area contributed by atoms with Crippen LogP contribution in [0.1, 0.15) is 50.1 Å². The minimum atomic E-state index is -0.162. The Morgan fingerprint density at radius 2 is 2.00 bits per heavy atom. The summed E-state index contributed by atoms with van der Waals surface area (Å²) < 4.78 is 1.72. The number of fused-ring (bicyclic) bond motifs is 2. The number of hydrogen-bond acceptors (Lipinski definition) is 4. The molecule has 1 aromatic heterocycles. The molecule has 0 spiro atoms. The van der Waals surface area contributed by atoms with Gasteiger partial charge in [0.25, 0.3) is 5.56 Å². The molecule has 0 saturated heterocycles. The summed E-state index contributed by atoms with van der Waals surface area (Å²) in [6, 6.07) is 9.83. The zero-order chi connectivity index (χ0) is 19.2. The molecule has 2 aliphatic rings. The molecule has 1 aromatic carbocycles. The number of amides is 1. The Morgan fingerprint density at radius 3 is 2.74 bits per heavy atom. The molecule has 1 amide bonds. The lowest BCUT2D eigenvalue weighted by atomic mass is 9.92. The lowest BCUT2D eigenvalue weighted by Crippen LogP contribution is -2.38. The SMILES string of the molecule is CC(C)(C)c1cc(=O)n2c(n1)SCC2CC(=O)N1CCc2ccccc2C1. The van der Waals surface area contributed by atoms with Gasteiger partial charge in [0.1, 0.15) is 0 Å². The highest BCUT2D eigenvalue weighted by atomic mass is 32.2. The molecule has 0 radical (unpaired) electrons. The molecule has 1 unspecified atom stereocenters. The molecule has 27 heavy (non-hydrogen) atoms. The van der Waals surface area contributed by atoms with Gasteiger partial charge in [0, 0.05) is 36.7 Å². The number of hydrogen-bond donors (Lipinski definition) is 0. The van der Waals surface area contributed by atoms with Gasteiger partial charge in [-0.15, -0.1) is 0 Å². The molecule has 0 aliphatic carbocycles. The van der Waals surface area contributed by atoms with E-state index in [0.29, 0.717) is 13.0 Å². The molecular formula is C21H25N3O2S. The summed E-state index contributed by atoms with van der Waals surface area (Å²) in [6.07, 6.45) is 1.26. The van der Waals surface area contributed by atoms with E-state index in [2.05, 4.69) is 37.9 Å². The van der Waals surface area contributed by atoms with Crippen molar-refractivity contribution >= 4 is 17.7 Å². The van der Waals surface area contributed by atoms with Crippen molar-refractivity contribution in [3.63, 3.8) is 0 Å². The van der Waals surface area contributed by atoms with Crippen molar-refractivity contribution in [2.75, 3.05) is 12.3 Å². The molecule has 2 aliphatic heterocycles. The molecule has 4 rings (SSSR count). The van der Waals surface area contributed by atoms with E-state index in [4.69, 9.17) is 0 Å². The fourth-order valence-electron chi connectivity index (χ4n) is 3.73. The summed E-state index contributed by atoms with van der Waals surface area (Å²) in [6.45, 7) is 7.58. The van der Waals surface area contributed by atoms with Gasteiger partial charge in [0.2, 0.25) is 5.91 Å². The third kappa shape index (κ3) is 3.55. The monoisotopic (exact) mass is 383 g/mol. The molecule has 0 bridgehead atoms. The first kappa shape index (κ1) is 18.3. The highest BCUT2D eigenvalue weighted by Crippen LogP contribution is 2.34. The number of aromatic nitrogens is 2. The van der Waals surface area contributed by atoms with Crippen LogP contribution in [0.25, 0.3) is 0 Å². The number of thioether (sulfide) groups is 1. The fourth-order valence-corrected chi connectivity index (χ4v) is 4.88. The maximum Gasteiger partial charge on any atom is 0.254 e. The summed E-state index contributed by atoms with van der Waals surface area (Å²) in [5, 5.41) is 0.745. The lowest BCUT2D eigenvalue weighted by molar-refractivity contribution is -0.132. The Morgan fingerprint density at radius 1 is 1.26 bits per heavy atom. The van der Waals surface area contributed by atoms with Crippen LogP contribution in [0.5, 0.6) is 0 Å². The average molecular weight is 384 g/mol. The molecule has 0 saturated carbocycles. The van der Waals surface area contributed by atoms with Crippen LogP contribution < -0.4 is 5.56 Å². The van der Waals surface area contributed by atoms with Crippen LogP contribution in [0.3, 0.4) is 0 Å². The van der Waals surface area contributed by atoms with E-state index < -0.39 is 0 Å². The minimum Gasteiger partial charge on any atom is -0.338 e. The number of carbonyl (C=O) groups is 1. The second kappa shape index (κ2) is 6.82. The Balaban J connectivity index is 1.51. The number of rotatable bonds is 2. The third-order valence-electron chi connectivity index (χ3n) is 5.35. The van der Waals surface area contributed by atoms with Gasteiger partial charge >= 0.3 is 0 Å². The van der Waals surface area contributed by atoms with Gasteiger partial charge < -0.3 is 4.90 Å². The zero-order valence-corrected chi connectivity index (χ0v) is 16.9. The molecular weight excluding hydrogens is 358 g/mol. The Kier molecular flexibility index (Phi) is 4.62. The van der Waals surface area contributed by atoms with Crippen LogP contribution in [0.15, 0.2) is 40.3 Å². The number of nitrogens with zero attached hydrogens (tertiary/aromatic N) is 3. The topological polar surface area (TPSA) is 55.2 Å². The third-order valence-corrected chi connectivity index (χ3v) is 6.45. The van der Waals surface area contributed by atoms with Gasteiger partial charge in [-0.2, -0.15) is 0 Å². The Hall–Kier alpha value is -2.08. The van der Waals surface area contributed by atoms with Crippen molar-refractivity contribution in [1.29, 1.82) is 0 Å². The van der Waals surface area contributed by atoms with Crippen LogP contribution >= 0.6 is 11.8 Å². The molecule has 6 heteroatoms. The lowest BCUT2D eigenvalue weighted by Gasteiger charge is -2.30. The summed E-state index contributed by atoms with van der Waals surface area (Å²) >= 11 is 1.58. The maximum atomic E-state index is 12.9. The van der Waals surface area contributed by atoms with E-state index in [1.165, 1.54) is 11.1 Å². The quantitative estimate of drug-likeness (QED) is 0.748. The Bertz CT molecular complexity index is 945. The molecule has 0 N–H and O–H groups in total. The van der Waals surface area contributed by atoms with E-state index >= 15 is 0 Å². The molecule has 1 atom stereocenters. The predicted molar refractivity (Wildman–Crippen MR) is 107 cm³/mol. The number of benzene rings is 1. The average Bonchev–Trinajstić information content (AvgIpc) is 3.04. The van der Waals surface area contributed by atoms with E-state index in [-0.39, 0.29) is 22.9 Å². The van der Waals surface area contributed by atoms with Crippen molar-refractivity contribution in [2.45, 2.75) is 56.8 Å². The first-order valence-electron chi connectivity index (χ1n) is 9.44. The largest absolute Gasteiger partial charge is 0.338 e. The van der Waals surface area contributed by atoms with Gasteiger partial charge in [0.15, 0.2) is 5.16 Å². The minimum absolute atomic E-state index is 0.0447. The molecule has 3 heterocycles. The van der Waals surface area contributed by atoms with E-state index in [1.54, 1.807) is 22.4 Å². The first-order chi connectivity index (χ1) is 12.8. The maximum absolute atomic E-state index is 12.9. The van der Waals surface area contributed by atoms with Gasteiger partial charge in [-0.25, -0.2) is 4.98 Å². The fraction of sp³-hybridized carbons (Fsp3) is 0.476. The van der Waals surface area contributed by atoms with Crippen LogP contribution in [0.4, 0.5) is 0 Å². The standard InChI is InChI=1S/C21H25N3O2S/c1-21(2,3)17-11-19(26)24-16(13-27-20(24)22-17)10-18(25)23-9-8-14-6-4-5-7-15(14)12-23/h4-7,11,16H,8-10,12-13H2,1-3H3. The summed E-state index contributed by atoms with van der Waals surface area (Å²) in [7, 11) is 0. The second-order valence-electron chi connectivity index (χ2n) is 8.39. The van der Waals surface area contributed by atoms with Gasteiger partial charge in [-0.05, 0) is 17.5 Å². The van der Waals surface area contributed by atoms with Gasteiger partial charge in [-0.3, -0.25) is 14.2 Å². The normalized spacial score (nSPS) is 18.9. The van der Waals surface area contributed by atoms with Crippen LogP contribution in [0.2, 0.25) is 0 Å². The van der Waals surface area contributed by atoms with Crippen LogP contribution in [-0.2, 0) is 23.2 Å². The molecule has 2 aromatic rings. The van der Waals surface area contributed by atoms with Crippen LogP contribution in [0, 0.1) is 0 Å². The Labute approximate surface area is 163 Å². The molecule has 142 valence electrons. The summed E-state index contributed by atoms with van der Waals surface area (Å²) in [5.74, 6) is 0.848. The van der Waals surface area contributed by atoms with Crippen molar-refractivity contribution in [2.24, 2.45) is 0 Å². The molecule has 0 fully saturated rings. The zero-order valence-electron chi connectivity index (χ0n) is 16.1. The first-order valence-corrected chi connectivity index (χ1v) is 10.4. The summed E-state index contributed by atoms with van der Waals surface area (Å²) in [5.41, 5.74) is 3.16. The highest BCUT2D eigenvalue weighted by molar-refractivity contribution is 7.99. The second-order valence-corrected chi connectivity index (χ2v) is 9.37. The smallest absolute Gasteiger partial charge is 0.254 e. The van der Waals surface area contributed by atoms with E-state index in [0.717, 1.165) is 29.6 Å². The van der Waals surface area contributed by atoms with Gasteiger partial charge in [0.05, 0.1) is 11.7 Å². The van der Waals surface area contributed by atoms with E-state index in [1.807, 2.05) is 17.0 Å². The number of carbonyl (C=O) groups excluding carboxylic acids is 1. The van der Waals surface area contributed by atoms with Crippen molar-refractivity contribution in [1.82, 2.24) is 14.5 Å². The van der Waals surface area contributed by atoms with Gasteiger partial charge in [-0.1, -0.05) is 56.8 Å². The van der Waals surface area contributed by atoms with Crippen LogP contribution in [-0.4, -0.2) is 32.7 Å². The van der Waals surface area contributed by atoms with E-state index in [9.17, 15) is 9.59 Å². The van der Waals surface area contributed by atoms with Crippen molar-refractivity contribution < 1.29 is 4.79 Å². The highest BCUT2D eigenvalue weighted by Gasteiger charge is 2.31. The summed E-state index contributed by atoms with van der Waals surface area (Å²) in [4.78, 5) is 32.2. The van der Waals surface area contributed by atoms with Crippen molar-refractivity contribution in [3.8, 4) is 0 Å². The molecule has 5 nitrogen and oxygen atoms in total.